The van der Waals surface area contributed by atoms with Gasteiger partial charge in [-0.2, -0.15) is 0 Å². The first-order valence-corrected chi connectivity index (χ1v) is 6.75. The van der Waals surface area contributed by atoms with Crippen molar-refractivity contribution in [2.75, 3.05) is 13.2 Å². The van der Waals surface area contributed by atoms with E-state index in [9.17, 15) is 0 Å². The Morgan fingerprint density at radius 1 is 1.41 bits per heavy atom. The molecule has 0 aliphatic carbocycles. The van der Waals surface area contributed by atoms with Crippen LogP contribution in [0, 0.1) is 0 Å². The molecular weight excluding hydrogens is 282 g/mol. The van der Waals surface area contributed by atoms with Gasteiger partial charge in [0.15, 0.2) is 0 Å². The van der Waals surface area contributed by atoms with Crippen molar-refractivity contribution in [1.82, 2.24) is 0 Å². The zero-order valence-corrected chi connectivity index (χ0v) is 11.6. The Morgan fingerprint density at radius 2 is 2.12 bits per heavy atom. The lowest BCUT2D eigenvalue weighted by Gasteiger charge is -2.23. The molecule has 2 rings (SSSR count). The van der Waals surface area contributed by atoms with Crippen molar-refractivity contribution in [3.63, 3.8) is 0 Å². The van der Waals surface area contributed by atoms with Crippen LogP contribution in [0.25, 0.3) is 0 Å². The second-order valence-electron chi connectivity index (χ2n) is 4.40. The van der Waals surface area contributed by atoms with E-state index in [2.05, 4.69) is 15.9 Å². The number of hydrogen-bond acceptors (Lipinski definition) is 3. The molecule has 1 aliphatic rings. The summed E-state index contributed by atoms with van der Waals surface area (Å²) in [5.41, 5.74) is 6.96. The smallest absolute Gasteiger partial charge is 0.120 e. The van der Waals surface area contributed by atoms with Crippen molar-refractivity contribution < 1.29 is 9.47 Å². The van der Waals surface area contributed by atoms with Crippen LogP contribution >= 0.6 is 15.9 Å². The van der Waals surface area contributed by atoms with E-state index in [0.29, 0.717) is 0 Å². The Hall–Kier alpha value is -0.580. The molecule has 1 aromatic rings. The highest BCUT2D eigenvalue weighted by Crippen LogP contribution is 2.28. The van der Waals surface area contributed by atoms with Gasteiger partial charge in [-0.1, -0.05) is 22.0 Å². The van der Waals surface area contributed by atoms with Crippen molar-refractivity contribution in [2.24, 2.45) is 5.73 Å². The third-order valence-electron chi connectivity index (χ3n) is 2.93. The van der Waals surface area contributed by atoms with E-state index in [0.717, 1.165) is 41.8 Å². The van der Waals surface area contributed by atoms with E-state index in [1.165, 1.54) is 0 Å². The summed E-state index contributed by atoms with van der Waals surface area (Å²) in [4.78, 5) is 0. The second-order valence-corrected chi connectivity index (χ2v) is 5.26. The van der Waals surface area contributed by atoms with Gasteiger partial charge in [0.25, 0.3) is 0 Å². The van der Waals surface area contributed by atoms with Crippen molar-refractivity contribution >= 4 is 15.9 Å². The fourth-order valence-electron chi connectivity index (χ4n) is 1.94. The molecule has 0 spiro atoms. The third-order valence-corrected chi connectivity index (χ3v) is 3.62. The Morgan fingerprint density at radius 3 is 2.71 bits per heavy atom. The van der Waals surface area contributed by atoms with Gasteiger partial charge < -0.3 is 15.2 Å². The largest absolute Gasteiger partial charge is 0.490 e. The van der Waals surface area contributed by atoms with Crippen molar-refractivity contribution in [3.05, 3.63) is 28.2 Å². The van der Waals surface area contributed by atoms with Gasteiger partial charge in [-0.25, -0.2) is 0 Å². The summed E-state index contributed by atoms with van der Waals surface area (Å²) in [6.07, 6.45) is 2.20. The van der Waals surface area contributed by atoms with Gasteiger partial charge in [-0.3, -0.25) is 0 Å². The maximum Gasteiger partial charge on any atom is 0.120 e. The molecule has 0 aromatic heterocycles. The number of rotatable bonds is 3. The molecule has 0 radical (unpaired) electrons. The predicted octanol–water partition coefficient (Wildman–Crippen LogP) is 3.03. The first-order valence-electron chi connectivity index (χ1n) is 5.96. The van der Waals surface area contributed by atoms with Gasteiger partial charge in [0, 0.05) is 23.4 Å². The van der Waals surface area contributed by atoms with Gasteiger partial charge in [0.2, 0.25) is 0 Å². The SMILES string of the molecule is C[C@@H](N)c1ccc(OC2CCOCC2)cc1Br. The Labute approximate surface area is 110 Å². The molecule has 1 atom stereocenters. The van der Waals surface area contributed by atoms with Crippen LogP contribution in [0.15, 0.2) is 22.7 Å². The third kappa shape index (κ3) is 3.44. The Kier molecular flexibility index (Phi) is 4.42. The second kappa shape index (κ2) is 5.85. The first kappa shape index (κ1) is 12.9. The summed E-state index contributed by atoms with van der Waals surface area (Å²) in [6, 6.07) is 6.03. The van der Waals surface area contributed by atoms with E-state index in [4.69, 9.17) is 15.2 Å². The molecule has 94 valence electrons. The molecule has 1 saturated heterocycles. The van der Waals surface area contributed by atoms with E-state index < -0.39 is 0 Å². The highest BCUT2D eigenvalue weighted by atomic mass is 79.9. The van der Waals surface area contributed by atoms with E-state index in [1.54, 1.807) is 0 Å². The fourth-order valence-corrected chi connectivity index (χ4v) is 2.66. The molecule has 0 bridgehead atoms. The zero-order chi connectivity index (χ0) is 12.3. The molecule has 17 heavy (non-hydrogen) atoms. The number of hydrogen-bond donors (Lipinski definition) is 1. The highest BCUT2D eigenvalue weighted by molar-refractivity contribution is 9.10. The van der Waals surface area contributed by atoms with Crippen LogP contribution < -0.4 is 10.5 Å². The molecule has 3 nitrogen and oxygen atoms in total. The van der Waals surface area contributed by atoms with Crippen molar-refractivity contribution in [1.29, 1.82) is 0 Å². The first-order chi connectivity index (χ1) is 8.16. The topological polar surface area (TPSA) is 44.5 Å². The molecule has 1 heterocycles. The molecule has 4 heteroatoms. The van der Waals surface area contributed by atoms with Crippen LogP contribution in [0.5, 0.6) is 5.75 Å². The molecule has 1 fully saturated rings. The van der Waals surface area contributed by atoms with Crippen LogP contribution in [-0.2, 0) is 4.74 Å². The average Bonchev–Trinajstić information content (AvgIpc) is 2.30. The number of ether oxygens (including phenoxy) is 2. The van der Waals surface area contributed by atoms with Crippen LogP contribution in [-0.4, -0.2) is 19.3 Å². The molecule has 0 amide bonds. The van der Waals surface area contributed by atoms with Crippen LogP contribution in [0.3, 0.4) is 0 Å². The molecule has 0 unspecified atom stereocenters. The van der Waals surface area contributed by atoms with Crippen LogP contribution in [0.1, 0.15) is 31.4 Å². The molecule has 1 aliphatic heterocycles. The maximum absolute atomic E-state index is 5.92. The van der Waals surface area contributed by atoms with E-state index >= 15 is 0 Å². The zero-order valence-electron chi connectivity index (χ0n) is 9.99. The van der Waals surface area contributed by atoms with E-state index in [1.807, 2.05) is 25.1 Å². The van der Waals surface area contributed by atoms with Gasteiger partial charge in [-0.15, -0.1) is 0 Å². The summed E-state index contributed by atoms with van der Waals surface area (Å²) < 4.78 is 12.2. The van der Waals surface area contributed by atoms with Crippen molar-refractivity contribution in [2.45, 2.75) is 31.9 Å². The maximum atomic E-state index is 5.92. The summed E-state index contributed by atoms with van der Waals surface area (Å²) in [5, 5.41) is 0. The summed E-state index contributed by atoms with van der Waals surface area (Å²) >= 11 is 3.53. The average molecular weight is 300 g/mol. The van der Waals surface area contributed by atoms with Gasteiger partial charge in [-0.05, 0) is 24.6 Å². The van der Waals surface area contributed by atoms with Gasteiger partial charge in [0.1, 0.15) is 11.9 Å². The number of halogens is 1. The highest BCUT2D eigenvalue weighted by Gasteiger charge is 2.16. The van der Waals surface area contributed by atoms with Gasteiger partial charge in [0.05, 0.1) is 13.2 Å². The minimum atomic E-state index is 0.0292. The molecular formula is C13H18BrNO2. The Balaban J connectivity index is 2.04. The normalized spacial score (nSPS) is 19.0. The summed E-state index contributed by atoms with van der Waals surface area (Å²) in [6.45, 7) is 3.56. The van der Waals surface area contributed by atoms with E-state index in [-0.39, 0.29) is 12.1 Å². The summed E-state index contributed by atoms with van der Waals surface area (Å²) in [7, 11) is 0. The van der Waals surface area contributed by atoms with Crippen LogP contribution in [0.2, 0.25) is 0 Å². The molecule has 1 aromatic carbocycles. The molecule has 0 saturated carbocycles. The lowest BCUT2D eigenvalue weighted by atomic mass is 10.1. The lowest BCUT2D eigenvalue weighted by Crippen LogP contribution is -2.25. The fraction of sp³-hybridized carbons (Fsp3) is 0.538. The van der Waals surface area contributed by atoms with Crippen LogP contribution in [0.4, 0.5) is 0 Å². The molecule has 2 N–H and O–H groups in total. The number of nitrogens with two attached hydrogens (primary N) is 1. The Bertz CT molecular complexity index is 376. The monoisotopic (exact) mass is 299 g/mol. The van der Waals surface area contributed by atoms with Crippen molar-refractivity contribution in [3.8, 4) is 5.75 Å². The summed E-state index contributed by atoms with van der Waals surface area (Å²) in [5.74, 6) is 0.896. The predicted molar refractivity (Wildman–Crippen MR) is 71.2 cm³/mol. The minimum Gasteiger partial charge on any atom is -0.490 e. The standard InChI is InChI=1S/C13H18BrNO2/c1-9(15)12-3-2-11(8-13(12)14)17-10-4-6-16-7-5-10/h2-3,8-10H,4-7,15H2,1H3/t9-/m1/s1. The minimum absolute atomic E-state index is 0.0292. The quantitative estimate of drug-likeness (QED) is 0.933. The van der Waals surface area contributed by atoms with Gasteiger partial charge >= 0.3 is 0 Å². The number of benzene rings is 1. The lowest BCUT2D eigenvalue weighted by molar-refractivity contribution is 0.0255.